The molecular weight excluding hydrogens is 272 g/mol. The van der Waals surface area contributed by atoms with Gasteiger partial charge in [0.05, 0.1) is 24.3 Å². The maximum atomic E-state index is 12.3. The first-order chi connectivity index (χ1) is 10.2. The highest BCUT2D eigenvalue weighted by atomic mass is 16.3. The van der Waals surface area contributed by atoms with Crippen LogP contribution < -0.4 is 0 Å². The van der Waals surface area contributed by atoms with Crippen LogP contribution >= 0.6 is 0 Å². The number of nitrogens with zero attached hydrogens (tertiary/aromatic N) is 3. The lowest BCUT2D eigenvalue weighted by Gasteiger charge is -2.47. The van der Waals surface area contributed by atoms with E-state index < -0.39 is 5.41 Å². The van der Waals surface area contributed by atoms with Crippen LogP contribution in [-0.4, -0.2) is 62.5 Å². The third-order valence-electron chi connectivity index (χ3n) is 3.79. The number of carbonyl (C=O) groups excluding carboxylic acids is 1. The molecule has 21 heavy (non-hydrogen) atoms. The van der Waals surface area contributed by atoms with Crippen molar-refractivity contribution < 1.29 is 15.0 Å². The number of aliphatic hydroxyl groups excluding tert-OH is 2. The van der Waals surface area contributed by atoms with Crippen LogP contribution in [0.3, 0.4) is 0 Å². The molecule has 0 aliphatic carbocycles. The number of rotatable bonds is 4. The summed E-state index contributed by atoms with van der Waals surface area (Å²) in [7, 11) is 0. The quantitative estimate of drug-likeness (QED) is 0.729. The van der Waals surface area contributed by atoms with Gasteiger partial charge < -0.3 is 15.1 Å². The minimum atomic E-state index is -0.566. The zero-order chi connectivity index (χ0) is 14.9. The summed E-state index contributed by atoms with van der Waals surface area (Å²) < 4.78 is 0. The van der Waals surface area contributed by atoms with Crippen LogP contribution in [0.15, 0.2) is 30.6 Å². The second-order valence-electron chi connectivity index (χ2n) is 5.38. The molecule has 1 saturated heterocycles. The molecule has 0 aromatic carbocycles. The number of nitrogens with one attached hydrogen (secondary N) is 1. The normalized spacial score (nSPS) is 16.6. The summed E-state index contributed by atoms with van der Waals surface area (Å²) in [4.78, 5) is 17.8. The molecule has 3 N–H and O–H groups in total. The van der Waals surface area contributed by atoms with Gasteiger partial charge in [-0.15, -0.1) is 0 Å². The molecule has 0 unspecified atom stereocenters. The second kappa shape index (κ2) is 5.27. The van der Waals surface area contributed by atoms with E-state index in [1.165, 1.54) is 0 Å². The van der Waals surface area contributed by atoms with Crippen molar-refractivity contribution in [2.45, 2.75) is 0 Å². The summed E-state index contributed by atoms with van der Waals surface area (Å²) in [6.45, 7) is 0.446. The van der Waals surface area contributed by atoms with Gasteiger partial charge in [0.2, 0.25) is 0 Å². The van der Waals surface area contributed by atoms with E-state index in [1.54, 1.807) is 23.4 Å². The summed E-state index contributed by atoms with van der Waals surface area (Å²) in [6.07, 6.45) is 3.33. The van der Waals surface area contributed by atoms with Gasteiger partial charge in [-0.2, -0.15) is 5.10 Å². The molecular formula is C14H16N4O3. The monoisotopic (exact) mass is 288 g/mol. The number of pyridine rings is 1. The molecule has 3 heterocycles. The summed E-state index contributed by atoms with van der Waals surface area (Å²) in [5.74, 6) is -0.180. The Balaban J connectivity index is 1.72. The number of hydrogen-bond acceptors (Lipinski definition) is 5. The maximum Gasteiger partial charge on any atom is 0.271 e. The molecule has 0 saturated carbocycles. The lowest BCUT2D eigenvalue weighted by Crippen LogP contribution is -2.62. The van der Waals surface area contributed by atoms with Gasteiger partial charge in [0.25, 0.3) is 5.91 Å². The Morgan fingerprint density at radius 2 is 1.95 bits per heavy atom. The standard InChI is InChI=1S/C14H16N4O3/c19-8-14(9-20)6-18(7-14)13(21)12-5-11(16-17-12)10-1-3-15-4-2-10/h1-5,19-20H,6-9H2,(H,16,17). The highest BCUT2D eigenvalue weighted by Crippen LogP contribution is 2.30. The molecule has 1 amide bonds. The number of carbonyl (C=O) groups is 1. The molecule has 0 radical (unpaired) electrons. The highest BCUT2D eigenvalue weighted by Gasteiger charge is 2.44. The molecule has 1 aliphatic rings. The Morgan fingerprint density at radius 1 is 1.29 bits per heavy atom. The summed E-state index contributed by atoms with van der Waals surface area (Å²) in [6, 6.07) is 5.32. The molecule has 1 fully saturated rings. The maximum absolute atomic E-state index is 12.3. The fourth-order valence-corrected chi connectivity index (χ4v) is 2.43. The SMILES string of the molecule is O=C(c1cc(-c2ccncc2)n[nH]1)N1CC(CO)(CO)C1. The number of aliphatic hydroxyl groups is 2. The Kier molecular flexibility index (Phi) is 3.44. The largest absolute Gasteiger partial charge is 0.396 e. The van der Waals surface area contributed by atoms with E-state index in [2.05, 4.69) is 15.2 Å². The van der Waals surface area contributed by atoms with Gasteiger partial charge in [-0.05, 0) is 18.2 Å². The first-order valence-corrected chi connectivity index (χ1v) is 6.64. The minimum absolute atomic E-state index is 0.126. The fourth-order valence-electron chi connectivity index (χ4n) is 2.43. The van der Waals surface area contributed by atoms with Crippen molar-refractivity contribution in [3.63, 3.8) is 0 Å². The molecule has 2 aromatic rings. The molecule has 0 atom stereocenters. The van der Waals surface area contributed by atoms with Gasteiger partial charge in [0.15, 0.2) is 0 Å². The van der Waals surface area contributed by atoms with Crippen LogP contribution in [0.4, 0.5) is 0 Å². The first-order valence-electron chi connectivity index (χ1n) is 6.64. The lowest BCUT2D eigenvalue weighted by molar-refractivity contribution is -0.0591. The molecule has 1 aliphatic heterocycles. The Morgan fingerprint density at radius 3 is 2.57 bits per heavy atom. The van der Waals surface area contributed by atoms with E-state index in [1.807, 2.05) is 12.1 Å². The highest BCUT2D eigenvalue weighted by molar-refractivity contribution is 5.94. The van der Waals surface area contributed by atoms with Crippen molar-refractivity contribution in [1.82, 2.24) is 20.1 Å². The molecule has 0 bridgehead atoms. The number of aromatic amines is 1. The smallest absolute Gasteiger partial charge is 0.271 e. The van der Waals surface area contributed by atoms with Crippen LogP contribution in [0.1, 0.15) is 10.5 Å². The van der Waals surface area contributed by atoms with Gasteiger partial charge in [0.1, 0.15) is 5.69 Å². The van der Waals surface area contributed by atoms with Crippen LogP contribution in [0, 0.1) is 5.41 Å². The van der Waals surface area contributed by atoms with E-state index in [4.69, 9.17) is 0 Å². The summed E-state index contributed by atoms with van der Waals surface area (Å²) in [5, 5.41) is 25.3. The number of amides is 1. The van der Waals surface area contributed by atoms with E-state index in [9.17, 15) is 15.0 Å². The van der Waals surface area contributed by atoms with Gasteiger partial charge in [0, 0.05) is 31.0 Å². The first kappa shape index (κ1) is 13.7. The Bertz CT molecular complexity index is 629. The van der Waals surface area contributed by atoms with Crippen molar-refractivity contribution in [2.75, 3.05) is 26.3 Å². The second-order valence-corrected chi connectivity index (χ2v) is 5.38. The third kappa shape index (κ3) is 2.41. The third-order valence-corrected chi connectivity index (χ3v) is 3.79. The van der Waals surface area contributed by atoms with E-state index in [0.29, 0.717) is 24.5 Å². The average Bonchev–Trinajstić information content (AvgIpc) is 2.98. The van der Waals surface area contributed by atoms with Crippen LogP contribution in [0.25, 0.3) is 11.3 Å². The van der Waals surface area contributed by atoms with E-state index in [-0.39, 0.29) is 19.1 Å². The Labute approximate surface area is 121 Å². The predicted molar refractivity (Wildman–Crippen MR) is 74.3 cm³/mol. The lowest BCUT2D eigenvalue weighted by atomic mass is 9.81. The van der Waals surface area contributed by atoms with Crippen molar-refractivity contribution in [2.24, 2.45) is 5.41 Å². The number of H-pyrrole nitrogens is 1. The van der Waals surface area contributed by atoms with E-state index >= 15 is 0 Å². The van der Waals surface area contributed by atoms with E-state index in [0.717, 1.165) is 5.56 Å². The van der Waals surface area contributed by atoms with Crippen LogP contribution in [0.2, 0.25) is 0 Å². The molecule has 110 valence electrons. The number of hydrogen-bond donors (Lipinski definition) is 3. The number of aromatic nitrogens is 3. The Hall–Kier alpha value is -2.25. The summed E-state index contributed by atoms with van der Waals surface area (Å²) >= 11 is 0. The number of likely N-dealkylation sites (tertiary alicyclic amines) is 1. The topological polar surface area (TPSA) is 102 Å². The molecule has 0 spiro atoms. The molecule has 3 rings (SSSR count). The van der Waals surface area contributed by atoms with Crippen LogP contribution in [0.5, 0.6) is 0 Å². The summed E-state index contributed by atoms with van der Waals surface area (Å²) in [5.41, 5.74) is 1.39. The fraction of sp³-hybridized carbons (Fsp3) is 0.357. The van der Waals surface area contributed by atoms with Crippen molar-refractivity contribution in [3.8, 4) is 11.3 Å². The molecule has 2 aromatic heterocycles. The molecule has 7 nitrogen and oxygen atoms in total. The van der Waals surface area contributed by atoms with Crippen molar-refractivity contribution >= 4 is 5.91 Å². The minimum Gasteiger partial charge on any atom is -0.396 e. The van der Waals surface area contributed by atoms with Crippen molar-refractivity contribution in [3.05, 3.63) is 36.3 Å². The van der Waals surface area contributed by atoms with Crippen molar-refractivity contribution in [1.29, 1.82) is 0 Å². The molecule has 7 heteroatoms. The average molecular weight is 288 g/mol. The van der Waals surface area contributed by atoms with Gasteiger partial charge >= 0.3 is 0 Å². The zero-order valence-corrected chi connectivity index (χ0v) is 11.4. The predicted octanol–water partition coefficient (Wildman–Crippen LogP) is -0.102. The zero-order valence-electron chi connectivity index (χ0n) is 11.4. The van der Waals surface area contributed by atoms with Crippen LogP contribution in [-0.2, 0) is 0 Å². The van der Waals surface area contributed by atoms with Gasteiger partial charge in [-0.1, -0.05) is 0 Å². The van der Waals surface area contributed by atoms with Gasteiger partial charge in [-0.25, -0.2) is 0 Å². The van der Waals surface area contributed by atoms with Gasteiger partial charge in [-0.3, -0.25) is 14.9 Å².